The maximum Gasteiger partial charge on any atom is 0.0742 e. The summed E-state index contributed by atoms with van der Waals surface area (Å²) in [6.45, 7) is 2.18. The molecule has 0 aromatic heterocycles. The number of halogens is 1. The van der Waals surface area contributed by atoms with Gasteiger partial charge >= 0.3 is 0 Å². The van der Waals surface area contributed by atoms with Gasteiger partial charge < -0.3 is 10.4 Å². The average Bonchev–Trinajstić information content (AvgIpc) is 3.12. The third-order valence-electron chi connectivity index (χ3n) is 3.98. The van der Waals surface area contributed by atoms with E-state index in [2.05, 4.69) is 10.2 Å². The van der Waals surface area contributed by atoms with E-state index >= 15 is 0 Å². The minimum absolute atomic E-state index is 0.169. The van der Waals surface area contributed by atoms with E-state index in [1.807, 2.05) is 24.3 Å². The van der Waals surface area contributed by atoms with Crippen LogP contribution in [0, 0.1) is 0 Å². The van der Waals surface area contributed by atoms with Gasteiger partial charge in [0, 0.05) is 29.8 Å². The van der Waals surface area contributed by atoms with Gasteiger partial charge in [-0.3, -0.25) is 4.90 Å². The minimum Gasteiger partial charge on any atom is -0.394 e. The van der Waals surface area contributed by atoms with Crippen LogP contribution in [0.25, 0.3) is 0 Å². The Morgan fingerprint density at radius 1 is 1.44 bits per heavy atom. The lowest BCUT2D eigenvalue weighted by Crippen LogP contribution is -2.45. The highest BCUT2D eigenvalue weighted by molar-refractivity contribution is 6.30. The quantitative estimate of drug-likeness (QED) is 0.878. The number of likely N-dealkylation sites (tertiary alicyclic amines) is 1. The second-order valence-electron chi connectivity index (χ2n) is 5.53. The molecule has 1 aliphatic heterocycles. The Balaban J connectivity index is 1.72. The Kier molecular flexibility index (Phi) is 3.22. The summed E-state index contributed by atoms with van der Waals surface area (Å²) in [4.78, 5) is 2.49. The molecule has 1 saturated heterocycles. The number of nitrogens with one attached hydrogen (secondary N) is 1. The molecule has 1 aromatic carbocycles. The number of nitrogens with zero attached hydrogens (tertiary/aromatic N) is 1. The summed E-state index contributed by atoms with van der Waals surface area (Å²) in [6.07, 6.45) is 3.63. The molecule has 0 amide bonds. The fraction of sp³-hybridized carbons (Fsp3) is 0.571. The molecule has 1 aliphatic carbocycles. The zero-order chi connectivity index (χ0) is 12.6. The van der Waals surface area contributed by atoms with Crippen LogP contribution in [-0.2, 0) is 0 Å². The van der Waals surface area contributed by atoms with Crippen molar-refractivity contribution < 1.29 is 5.11 Å². The normalized spacial score (nSPS) is 28.6. The molecule has 2 aliphatic rings. The van der Waals surface area contributed by atoms with Gasteiger partial charge in [0.2, 0.25) is 0 Å². The van der Waals surface area contributed by atoms with Crippen molar-refractivity contribution in [2.45, 2.75) is 30.8 Å². The summed E-state index contributed by atoms with van der Waals surface area (Å²) in [5.74, 6) is 0. The Bertz CT molecular complexity index is 436. The van der Waals surface area contributed by atoms with E-state index in [4.69, 9.17) is 11.6 Å². The van der Waals surface area contributed by atoms with E-state index in [1.165, 1.54) is 12.8 Å². The summed E-state index contributed by atoms with van der Waals surface area (Å²) in [7, 11) is 0. The van der Waals surface area contributed by atoms with Gasteiger partial charge in [0.1, 0.15) is 0 Å². The first-order valence-corrected chi connectivity index (χ1v) is 6.97. The predicted molar refractivity (Wildman–Crippen MR) is 74.1 cm³/mol. The molecule has 3 rings (SSSR count). The van der Waals surface area contributed by atoms with Crippen molar-refractivity contribution >= 4 is 17.3 Å². The third kappa shape index (κ3) is 2.48. The van der Waals surface area contributed by atoms with Crippen LogP contribution in [0.3, 0.4) is 0 Å². The topological polar surface area (TPSA) is 35.5 Å². The summed E-state index contributed by atoms with van der Waals surface area (Å²) in [6, 6.07) is 8.48. The molecule has 1 heterocycles. The summed E-state index contributed by atoms with van der Waals surface area (Å²) >= 11 is 6.00. The Labute approximate surface area is 113 Å². The molecule has 0 spiro atoms. The largest absolute Gasteiger partial charge is 0.394 e. The molecule has 0 bridgehead atoms. The van der Waals surface area contributed by atoms with Crippen LogP contribution in [0.2, 0.25) is 5.02 Å². The van der Waals surface area contributed by atoms with Crippen molar-refractivity contribution in [1.29, 1.82) is 0 Å². The molecule has 1 aromatic rings. The number of hydrogen-bond acceptors (Lipinski definition) is 3. The summed E-state index contributed by atoms with van der Waals surface area (Å²) in [5.41, 5.74) is 0.794. The first-order chi connectivity index (χ1) is 8.71. The zero-order valence-electron chi connectivity index (χ0n) is 10.4. The lowest BCUT2D eigenvalue weighted by atomic mass is 9.99. The predicted octanol–water partition coefficient (Wildman–Crippen LogP) is 2.35. The monoisotopic (exact) mass is 266 g/mol. The number of hydrogen-bond donors (Lipinski definition) is 2. The molecule has 0 radical (unpaired) electrons. The van der Waals surface area contributed by atoms with E-state index < -0.39 is 0 Å². The SMILES string of the molecule is OCC1(Nc2cccc(Cl)c2)CCN(C2CC2)C1. The van der Waals surface area contributed by atoms with Crippen molar-refractivity contribution in [3.05, 3.63) is 29.3 Å². The minimum atomic E-state index is -0.201. The Hall–Kier alpha value is -0.770. The molecule has 1 saturated carbocycles. The third-order valence-corrected chi connectivity index (χ3v) is 4.22. The number of aliphatic hydroxyl groups is 1. The first kappa shape index (κ1) is 12.3. The van der Waals surface area contributed by atoms with Crippen molar-refractivity contribution in [2.24, 2.45) is 0 Å². The molecular weight excluding hydrogens is 248 g/mol. The van der Waals surface area contributed by atoms with Crippen LogP contribution in [0.4, 0.5) is 5.69 Å². The molecular formula is C14H19ClN2O. The van der Waals surface area contributed by atoms with Crippen molar-refractivity contribution in [1.82, 2.24) is 4.90 Å². The van der Waals surface area contributed by atoms with E-state index in [0.29, 0.717) is 0 Å². The molecule has 98 valence electrons. The van der Waals surface area contributed by atoms with Gasteiger partial charge in [-0.25, -0.2) is 0 Å². The van der Waals surface area contributed by atoms with Gasteiger partial charge in [0.25, 0.3) is 0 Å². The van der Waals surface area contributed by atoms with E-state index in [-0.39, 0.29) is 12.1 Å². The highest BCUT2D eigenvalue weighted by Gasteiger charge is 2.42. The molecule has 2 fully saturated rings. The van der Waals surface area contributed by atoms with Crippen molar-refractivity contribution in [2.75, 3.05) is 25.0 Å². The van der Waals surface area contributed by atoms with Gasteiger partial charge in [-0.05, 0) is 37.5 Å². The fourth-order valence-electron chi connectivity index (χ4n) is 2.80. The van der Waals surface area contributed by atoms with Crippen LogP contribution in [0.1, 0.15) is 19.3 Å². The van der Waals surface area contributed by atoms with E-state index in [1.54, 1.807) is 0 Å². The molecule has 2 N–H and O–H groups in total. The van der Waals surface area contributed by atoms with Gasteiger partial charge in [0.15, 0.2) is 0 Å². The molecule has 1 atom stereocenters. The lowest BCUT2D eigenvalue weighted by molar-refractivity contribution is 0.205. The average molecular weight is 267 g/mol. The van der Waals surface area contributed by atoms with Crippen molar-refractivity contribution in [3.63, 3.8) is 0 Å². The number of aliphatic hydroxyl groups excluding tert-OH is 1. The maximum absolute atomic E-state index is 9.74. The summed E-state index contributed by atoms with van der Waals surface area (Å²) in [5, 5.41) is 14.0. The van der Waals surface area contributed by atoms with Gasteiger partial charge in [-0.1, -0.05) is 17.7 Å². The van der Waals surface area contributed by atoms with E-state index in [9.17, 15) is 5.11 Å². The van der Waals surface area contributed by atoms with Crippen LogP contribution in [-0.4, -0.2) is 41.3 Å². The highest BCUT2D eigenvalue weighted by Crippen LogP contribution is 2.35. The number of benzene rings is 1. The molecule has 4 heteroatoms. The van der Waals surface area contributed by atoms with Gasteiger partial charge in [0.05, 0.1) is 12.1 Å². The standard InChI is InChI=1S/C14H19ClN2O/c15-11-2-1-3-12(8-11)16-14(10-18)6-7-17(9-14)13-4-5-13/h1-3,8,13,16,18H,4-7,9-10H2. The van der Waals surface area contributed by atoms with Gasteiger partial charge in [-0.15, -0.1) is 0 Å². The van der Waals surface area contributed by atoms with Crippen LogP contribution < -0.4 is 5.32 Å². The Morgan fingerprint density at radius 2 is 2.28 bits per heavy atom. The van der Waals surface area contributed by atoms with E-state index in [0.717, 1.165) is 36.3 Å². The number of rotatable bonds is 4. The smallest absolute Gasteiger partial charge is 0.0742 e. The molecule has 18 heavy (non-hydrogen) atoms. The van der Waals surface area contributed by atoms with Crippen LogP contribution in [0.5, 0.6) is 0 Å². The molecule has 1 unspecified atom stereocenters. The van der Waals surface area contributed by atoms with Crippen LogP contribution >= 0.6 is 11.6 Å². The van der Waals surface area contributed by atoms with Crippen molar-refractivity contribution in [3.8, 4) is 0 Å². The van der Waals surface area contributed by atoms with Gasteiger partial charge in [-0.2, -0.15) is 0 Å². The highest BCUT2D eigenvalue weighted by atomic mass is 35.5. The maximum atomic E-state index is 9.74. The zero-order valence-corrected chi connectivity index (χ0v) is 11.2. The Morgan fingerprint density at radius 3 is 2.94 bits per heavy atom. The first-order valence-electron chi connectivity index (χ1n) is 6.59. The second kappa shape index (κ2) is 4.72. The summed E-state index contributed by atoms with van der Waals surface area (Å²) < 4.78 is 0. The molecule has 3 nitrogen and oxygen atoms in total. The number of anilines is 1. The van der Waals surface area contributed by atoms with Crippen LogP contribution in [0.15, 0.2) is 24.3 Å². The fourth-order valence-corrected chi connectivity index (χ4v) is 2.99. The lowest BCUT2D eigenvalue weighted by Gasteiger charge is -2.30. The second-order valence-corrected chi connectivity index (χ2v) is 5.96.